The first-order valence-corrected chi connectivity index (χ1v) is 7.50. The van der Waals surface area contributed by atoms with Crippen LogP contribution in [0.25, 0.3) is 0 Å². The minimum absolute atomic E-state index is 0.171. The topological polar surface area (TPSA) is 99.4 Å². The number of aliphatic hydroxyl groups excluding tert-OH is 4. The molecule has 1 saturated heterocycles. The molecular formula is C14H28O6. The first-order chi connectivity index (χ1) is 9.57. The second-order valence-electron chi connectivity index (χ2n) is 5.40. The Morgan fingerprint density at radius 1 is 1.10 bits per heavy atom. The van der Waals surface area contributed by atoms with Gasteiger partial charge in [-0.2, -0.15) is 0 Å². The molecule has 20 heavy (non-hydrogen) atoms. The normalized spacial score (nSPS) is 34.4. The Morgan fingerprint density at radius 3 is 2.40 bits per heavy atom. The van der Waals surface area contributed by atoms with E-state index in [2.05, 4.69) is 6.92 Å². The molecule has 0 saturated carbocycles. The van der Waals surface area contributed by atoms with E-state index in [4.69, 9.17) is 9.47 Å². The van der Waals surface area contributed by atoms with Gasteiger partial charge in [0.15, 0.2) is 0 Å². The zero-order chi connectivity index (χ0) is 15.0. The Balaban J connectivity index is 2.31. The summed E-state index contributed by atoms with van der Waals surface area (Å²) in [6.07, 6.45) is 2.58. The van der Waals surface area contributed by atoms with E-state index in [0.717, 1.165) is 19.3 Å². The van der Waals surface area contributed by atoms with Crippen molar-refractivity contribution in [2.75, 3.05) is 19.8 Å². The molecule has 0 aromatic carbocycles. The molecule has 0 unspecified atom stereocenters. The van der Waals surface area contributed by atoms with Crippen molar-refractivity contribution in [3.05, 3.63) is 0 Å². The van der Waals surface area contributed by atoms with Crippen LogP contribution in [0, 0.1) is 0 Å². The van der Waals surface area contributed by atoms with Crippen molar-refractivity contribution < 1.29 is 29.9 Å². The van der Waals surface area contributed by atoms with Crippen molar-refractivity contribution in [1.29, 1.82) is 0 Å². The molecule has 1 rings (SSSR count). The zero-order valence-electron chi connectivity index (χ0n) is 12.2. The molecule has 0 aliphatic carbocycles. The van der Waals surface area contributed by atoms with Gasteiger partial charge in [0.2, 0.25) is 5.79 Å². The summed E-state index contributed by atoms with van der Waals surface area (Å²) in [7, 11) is 0. The van der Waals surface area contributed by atoms with Crippen LogP contribution in [0.4, 0.5) is 0 Å². The molecule has 0 aromatic rings. The Bertz CT molecular complexity index is 262. The maximum atomic E-state index is 9.91. The van der Waals surface area contributed by atoms with Crippen LogP contribution in [-0.4, -0.2) is 64.3 Å². The summed E-state index contributed by atoms with van der Waals surface area (Å²) in [4.78, 5) is 0. The van der Waals surface area contributed by atoms with Crippen LogP contribution in [0.5, 0.6) is 0 Å². The van der Waals surface area contributed by atoms with Crippen molar-refractivity contribution in [3.63, 3.8) is 0 Å². The van der Waals surface area contributed by atoms with Crippen LogP contribution in [0.3, 0.4) is 0 Å². The molecule has 6 nitrogen and oxygen atoms in total. The minimum atomic E-state index is -1.62. The molecule has 0 amide bonds. The summed E-state index contributed by atoms with van der Waals surface area (Å²) in [5, 5.41) is 38.3. The van der Waals surface area contributed by atoms with E-state index in [1.165, 1.54) is 19.3 Å². The fraction of sp³-hybridized carbons (Fsp3) is 1.00. The van der Waals surface area contributed by atoms with Crippen molar-refractivity contribution in [2.45, 2.75) is 69.5 Å². The zero-order valence-corrected chi connectivity index (χ0v) is 12.2. The first kappa shape index (κ1) is 17.8. The number of hydrogen-bond donors (Lipinski definition) is 4. The third-order valence-electron chi connectivity index (χ3n) is 3.73. The number of ether oxygens (including phenoxy) is 2. The Hall–Kier alpha value is -0.240. The molecule has 6 heteroatoms. The SMILES string of the molecule is CCCCCCCCO[C@]1(CO)OC[C@@H](O)[C@@H](O)[C@@H]1O. The van der Waals surface area contributed by atoms with Crippen LogP contribution in [0.15, 0.2) is 0 Å². The predicted molar refractivity (Wildman–Crippen MR) is 73.1 cm³/mol. The third kappa shape index (κ3) is 4.65. The summed E-state index contributed by atoms with van der Waals surface area (Å²) < 4.78 is 10.7. The van der Waals surface area contributed by atoms with Gasteiger partial charge < -0.3 is 29.9 Å². The van der Waals surface area contributed by atoms with Gasteiger partial charge in [-0.25, -0.2) is 0 Å². The van der Waals surface area contributed by atoms with E-state index < -0.39 is 30.7 Å². The third-order valence-corrected chi connectivity index (χ3v) is 3.73. The van der Waals surface area contributed by atoms with Crippen LogP contribution in [0.2, 0.25) is 0 Å². The highest BCUT2D eigenvalue weighted by molar-refractivity contribution is 4.92. The molecule has 120 valence electrons. The molecule has 1 heterocycles. The summed E-state index contributed by atoms with van der Waals surface area (Å²) in [6, 6.07) is 0. The maximum Gasteiger partial charge on any atom is 0.221 e. The standard InChI is InChI=1S/C14H28O6/c1-2-3-4-5-6-7-8-19-14(10-15)13(18)12(17)11(16)9-20-14/h11-13,15-18H,2-10H2,1H3/t11-,12-,13+,14-/m1/s1. The van der Waals surface area contributed by atoms with Crippen LogP contribution in [0.1, 0.15) is 45.4 Å². The van der Waals surface area contributed by atoms with E-state index in [1.54, 1.807) is 0 Å². The monoisotopic (exact) mass is 292 g/mol. The highest BCUT2D eigenvalue weighted by Gasteiger charge is 2.50. The van der Waals surface area contributed by atoms with Gasteiger partial charge in [-0.1, -0.05) is 39.0 Å². The lowest BCUT2D eigenvalue weighted by molar-refractivity contribution is -0.348. The minimum Gasteiger partial charge on any atom is -0.391 e. The molecule has 4 atom stereocenters. The second kappa shape index (κ2) is 8.92. The molecule has 0 spiro atoms. The van der Waals surface area contributed by atoms with E-state index in [9.17, 15) is 20.4 Å². The number of aliphatic hydroxyl groups is 4. The fourth-order valence-corrected chi connectivity index (χ4v) is 2.32. The second-order valence-corrected chi connectivity index (χ2v) is 5.40. The fourth-order valence-electron chi connectivity index (χ4n) is 2.32. The van der Waals surface area contributed by atoms with Crippen molar-refractivity contribution >= 4 is 0 Å². The van der Waals surface area contributed by atoms with Crippen molar-refractivity contribution in [2.24, 2.45) is 0 Å². The van der Waals surface area contributed by atoms with E-state index in [1.807, 2.05) is 0 Å². The lowest BCUT2D eigenvalue weighted by atomic mass is 9.97. The van der Waals surface area contributed by atoms with Crippen molar-refractivity contribution in [1.82, 2.24) is 0 Å². The number of unbranched alkanes of at least 4 members (excludes halogenated alkanes) is 5. The van der Waals surface area contributed by atoms with Gasteiger partial charge in [-0.05, 0) is 6.42 Å². The van der Waals surface area contributed by atoms with E-state index >= 15 is 0 Å². The van der Waals surface area contributed by atoms with E-state index in [0.29, 0.717) is 6.61 Å². The first-order valence-electron chi connectivity index (χ1n) is 7.50. The van der Waals surface area contributed by atoms with Crippen LogP contribution >= 0.6 is 0 Å². The summed E-state index contributed by atoms with van der Waals surface area (Å²) in [5.74, 6) is -1.62. The molecule has 0 radical (unpaired) electrons. The summed E-state index contributed by atoms with van der Waals surface area (Å²) in [5.41, 5.74) is 0. The van der Waals surface area contributed by atoms with Gasteiger partial charge in [-0.3, -0.25) is 0 Å². The van der Waals surface area contributed by atoms with Gasteiger partial charge >= 0.3 is 0 Å². The molecule has 1 aliphatic rings. The largest absolute Gasteiger partial charge is 0.391 e. The predicted octanol–water partition coefficient (Wildman–Crippen LogP) is 0.165. The average Bonchev–Trinajstić information content (AvgIpc) is 2.46. The molecule has 0 aromatic heterocycles. The summed E-state index contributed by atoms with van der Waals surface area (Å²) >= 11 is 0. The molecule has 4 N–H and O–H groups in total. The quantitative estimate of drug-likeness (QED) is 0.452. The van der Waals surface area contributed by atoms with Gasteiger partial charge in [0, 0.05) is 0 Å². The van der Waals surface area contributed by atoms with Gasteiger partial charge in [0.1, 0.15) is 24.9 Å². The maximum absolute atomic E-state index is 9.91. The molecule has 0 bridgehead atoms. The number of rotatable bonds is 9. The average molecular weight is 292 g/mol. The molecule has 1 fully saturated rings. The Labute approximate surface area is 120 Å². The molecular weight excluding hydrogens is 264 g/mol. The highest BCUT2D eigenvalue weighted by atomic mass is 16.7. The van der Waals surface area contributed by atoms with Crippen LogP contribution < -0.4 is 0 Å². The highest BCUT2D eigenvalue weighted by Crippen LogP contribution is 2.27. The van der Waals surface area contributed by atoms with Crippen LogP contribution in [-0.2, 0) is 9.47 Å². The lowest BCUT2D eigenvalue weighted by Gasteiger charge is -2.43. The Morgan fingerprint density at radius 2 is 1.75 bits per heavy atom. The van der Waals surface area contributed by atoms with Gasteiger partial charge in [-0.15, -0.1) is 0 Å². The summed E-state index contributed by atoms with van der Waals surface area (Å²) in [6.45, 7) is 1.77. The Kier molecular flexibility index (Phi) is 7.94. The molecule has 1 aliphatic heterocycles. The van der Waals surface area contributed by atoms with Gasteiger partial charge in [0.05, 0.1) is 13.2 Å². The lowest BCUT2D eigenvalue weighted by Crippen LogP contribution is -2.63. The van der Waals surface area contributed by atoms with Crippen molar-refractivity contribution in [3.8, 4) is 0 Å². The number of hydrogen-bond acceptors (Lipinski definition) is 6. The van der Waals surface area contributed by atoms with Gasteiger partial charge in [0.25, 0.3) is 0 Å². The smallest absolute Gasteiger partial charge is 0.221 e. The van der Waals surface area contributed by atoms with E-state index in [-0.39, 0.29) is 6.61 Å².